The minimum Gasteiger partial charge on any atom is -0.497 e. The number of rotatable bonds is 4. The summed E-state index contributed by atoms with van der Waals surface area (Å²) in [6.45, 7) is 0. The lowest BCUT2D eigenvalue weighted by molar-refractivity contribution is -0.112. The molecule has 0 aliphatic heterocycles. The highest BCUT2D eigenvalue weighted by Crippen LogP contribution is 2.30. The summed E-state index contributed by atoms with van der Waals surface area (Å²) in [6.07, 6.45) is 6.37. The van der Waals surface area contributed by atoms with Gasteiger partial charge < -0.3 is 9.47 Å². The standard InChI is InChI=1S/C22H21ClO3/c1-25-20-12-16(13-21(14-20)26-2)10-18-7-4-6-17(22(18)24)9-15-5-3-8-19(23)11-15/h3,5,8-14H,4,6-7H2,1-2H3/b17-9+,18-10+. The topological polar surface area (TPSA) is 35.5 Å². The van der Waals surface area contributed by atoms with Gasteiger partial charge in [0.05, 0.1) is 14.2 Å². The van der Waals surface area contributed by atoms with Crippen LogP contribution in [0.4, 0.5) is 0 Å². The van der Waals surface area contributed by atoms with Gasteiger partial charge in [0.15, 0.2) is 5.78 Å². The van der Waals surface area contributed by atoms with Crippen LogP contribution in [0.15, 0.2) is 53.6 Å². The van der Waals surface area contributed by atoms with Crippen LogP contribution in [0, 0.1) is 0 Å². The Bertz CT molecular complexity index is 858. The van der Waals surface area contributed by atoms with Gasteiger partial charge in [-0.15, -0.1) is 0 Å². The number of halogens is 1. The maximum Gasteiger partial charge on any atom is 0.185 e. The first kappa shape index (κ1) is 18.3. The minimum absolute atomic E-state index is 0.0954. The second-order valence-electron chi connectivity index (χ2n) is 6.22. The normalized spacial score (nSPS) is 17.6. The van der Waals surface area contributed by atoms with Crippen LogP contribution in [0.1, 0.15) is 30.4 Å². The number of methoxy groups -OCH3 is 2. The Morgan fingerprint density at radius 2 is 1.50 bits per heavy atom. The van der Waals surface area contributed by atoms with Crippen molar-refractivity contribution in [1.29, 1.82) is 0 Å². The summed E-state index contributed by atoms with van der Waals surface area (Å²) in [5.41, 5.74) is 3.47. The number of Topliss-reactive ketones (excluding diaryl/α,β-unsaturated/α-hetero) is 1. The van der Waals surface area contributed by atoms with Gasteiger partial charge in [0.1, 0.15) is 11.5 Å². The quantitative estimate of drug-likeness (QED) is 0.661. The lowest BCUT2D eigenvalue weighted by Gasteiger charge is -2.17. The second-order valence-corrected chi connectivity index (χ2v) is 6.66. The molecule has 0 bridgehead atoms. The Balaban J connectivity index is 1.91. The summed E-state index contributed by atoms with van der Waals surface area (Å²) in [5, 5.41) is 0.668. The van der Waals surface area contributed by atoms with Crippen LogP contribution in [0.5, 0.6) is 11.5 Å². The van der Waals surface area contributed by atoms with Gasteiger partial charge in [0.25, 0.3) is 0 Å². The van der Waals surface area contributed by atoms with E-state index in [1.54, 1.807) is 14.2 Å². The molecular weight excluding hydrogens is 348 g/mol. The van der Waals surface area contributed by atoms with Crippen molar-refractivity contribution in [3.63, 3.8) is 0 Å². The summed E-state index contributed by atoms with van der Waals surface area (Å²) in [5.74, 6) is 1.50. The summed E-state index contributed by atoms with van der Waals surface area (Å²) in [7, 11) is 3.23. The molecule has 2 aromatic rings. The van der Waals surface area contributed by atoms with E-state index in [0.29, 0.717) is 16.5 Å². The average molecular weight is 369 g/mol. The summed E-state index contributed by atoms with van der Waals surface area (Å²) >= 11 is 6.04. The van der Waals surface area contributed by atoms with E-state index in [2.05, 4.69) is 0 Å². The second kappa shape index (κ2) is 8.24. The molecule has 26 heavy (non-hydrogen) atoms. The highest BCUT2D eigenvalue weighted by atomic mass is 35.5. The zero-order valence-corrected chi connectivity index (χ0v) is 15.7. The van der Waals surface area contributed by atoms with Gasteiger partial charge in [0, 0.05) is 22.2 Å². The maximum absolute atomic E-state index is 12.9. The third-order valence-corrected chi connectivity index (χ3v) is 4.61. The first-order valence-corrected chi connectivity index (χ1v) is 8.91. The number of allylic oxidation sites excluding steroid dienone is 2. The van der Waals surface area contributed by atoms with E-state index >= 15 is 0 Å². The molecule has 1 aliphatic carbocycles. The number of ketones is 1. The van der Waals surface area contributed by atoms with Crippen LogP contribution in [-0.2, 0) is 4.79 Å². The monoisotopic (exact) mass is 368 g/mol. The van der Waals surface area contributed by atoms with Crippen LogP contribution >= 0.6 is 11.6 Å². The zero-order chi connectivity index (χ0) is 18.5. The van der Waals surface area contributed by atoms with Crippen LogP contribution in [0.3, 0.4) is 0 Å². The van der Waals surface area contributed by atoms with E-state index in [1.165, 1.54) is 0 Å². The molecule has 0 radical (unpaired) electrons. The summed E-state index contributed by atoms with van der Waals surface area (Å²) in [4.78, 5) is 12.9. The Hall–Kier alpha value is -2.52. The Kier molecular flexibility index (Phi) is 5.79. The third-order valence-electron chi connectivity index (χ3n) is 4.38. The van der Waals surface area contributed by atoms with E-state index < -0.39 is 0 Å². The maximum atomic E-state index is 12.9. The van der Waals surface area contributed by atoms with Crippen LogP contribution in [0.25, 0.3) is 12.2 Å². The Morgan fingerprint density at radius 1 is 0.885 bits per heavy atom. The molecule has 0 aromatic heterocycles. The van der Waals surface area contributed by atoms with E-state index in [-0.39, 0.29) is 5.78 Å². The molecule has 1 aliphatic rings. The molecule has 1 fully saturated rings. The van der Waals surface area contributed by atoms with Gasteiger partial charge in [-0.2, -0.15) is 0 Å². The van der Waals surface area contributed by atoms with Gasteiger partial charge in [-0.3, -0.25) is 4.79 Å². The molecule has 2 aromatic carbocycles. The molecule has 134 valence electrons. The summed E-state index contributed by atoms with van der Waals surface area (Å²) in [6, 6.07) is 13.2. The zero-order valence-electron chi connectivity index (χ0n) is 14.9. The molecule has 0 saturated heterocycles. The highest BCUT2D eigenvalue weighted by molar-refractivity contribution is 6.30. The van der Waals surface area contributed by atoms with E-state index in [1.807, 2.05) is 54.6 Å². The first-order valence-electron chi connectivity index (χ1n) is 8.53. The van der Waals surface area contributed by atoms with Gasteiger partial charge in [-0.1, -0.05) is 23.7 Å². The first-order chi connectivity index (χ1) is 12.6. The van der Waals surface area contributed by atoms with E-state index in [4.69, 9.17) is 21.1 Å². The average Bonchev–Trinajstić information content (AvgIpc) is 2.64. The number of carbonyl (C=O) groups excluding carboxylic acids is 1. The number of ether oxygens (including phenoxy) is 2. The fourth-order valence-corrected chi connectivity index (χ4v) is 3.29. The van der Waals surface area contributed by atoms with Crippen molar-refractivity contribution >= 4 is 29.5 Å². The van der Waals surface area contributed by atoms with Crippen molar-refractivity contribution in [2.24, 2.45) is 0 Å². The van der Waals surface area contributed by atoms with Gasteiger partial charge in [-0.05, 0) is 66.8 Å². The smallest absolute Gasteiger partial charge is 0.185 e. The van der Waals surface area contributed by atoms with Crippen LogP contribution in [0.2, 0.25) is 5.02 Å². The van der Waals surface area contributed by atoms with Gasteiger partial charge >= 0.3 is 0 Å². The van der Waals surface area contributed by atoms with Gasteiger partial charge in [0.2, 0.25) is 0 Å². The Morgan fingerprint density at radius 3 is 2.08 bits per heavy atom. The van der Waals surface area contributed by atoms with E-state index in [9.17, 15) is 4.79 Å². The molecule has 0 atom stereocenters. The molecule has 0 spiro atoms. The molecule has 0 amide bonds. The lowest BCUT2D eigenvalue weighted by atomic mass is 9.87. The Labute approximate surface area is 158 Å². The van der Waals surface area contributed by atoms with E-state index in [0.717, 1.165) is 41.5 Å². The molecule has 0 unspecified atom stereocenters. The SMILES string of the molecule is COc1cc(/C=C2\CCC/C(=C\c3cccc(Cl)c3)C2=O)cc(OC)c1. The van der Waals surface area contributed by atoms with Crippen LogP contribution < -0.4 is 9.47 Å². The van der Waals surface area contributed by atoms with Crippen molar-refractivity contribution in [2.75, 3.05) is 14.2 Å². The van der Waals surface area contributed by atoms with Crippen molar-refractivity contribution in [2.45, 2.75) is 19.3 Å². The fraction of sp³-hybridized carbons (Fsp3) is 0.227. The predicted molar refractivity (Wildman–Crippen MR) is 106 cm³/mol. The minimum atomic E-state index is 0.0954. The number of benzene rings is 2. The lowest BCUT2D eigenvalue weighted by Crippen LogP contribution is -2.12. The van der Waals surface area contributed by atoms with Crippen molar-refractivity contribution < 1.29 is 14.3 Å². The number of carbonyl (C=O) groups is 1. The van der Waals surface area contributed by atoms with Gasteiger partial charge in [-0.25, -0.2) is 0 Å². The largest absolute Gasteiger partial charge is 0.497 e. The molecule has 3 nitrogen and oxygen atoms in total. The molecule has 0 heterocycles. The summed E-state index contributed by atoms with van der Waals surface area (Å²) < 4.78 is 10.6. The fourth-order valence-electron chi connectivity index (χ4n) is 3.09. The van der Waals surface area contributed by atoms with Crippen molar-refractivity contribution in [3.8, 4) is 11.5 Å². The van der Waals surface area contributed by atoms with Crippen LogP contribution in [-0.4, -0.2) is 20.0 Å². The molecule has 3 rings (SSSR count). The van der Waals surface area contributed by atoms with Crippen molar-refractivity contribution in [3.05, 3.63) is 69.8 Å². The molecular formula is C22H21ClO3. The highest BCUT2D eigenvalue weighted by Gasteiger charge is 2.20. The molecule has 4 heteroatoms. The molecule has 0 N–H and O–H groups in total. The predicted octanol–water partition coefficient (Wildman–Crippen LogP) is 5.58. The molecule has 1 saturated carbocycles. The number of hydrogen-bond donors (Lipinski definition) is 0. The van der Waals surface area contributed by atoms with Crippen molar-refractivity contribution in [1.82, 2.24) is 0 Å². The number of hydrogen-bond acceptors (Lipinski definition) is 3. The third kappa shape index (κ3) is 4.36.